The molecule has 8 heteroatoms. The normalized spacial score (nSPS) is 10.9. The van der Waals surface area contributed by atoms with Gasteiger partial charge in [-0.2, -0.15) is 5.10 Å². The van der Waals surface area contributed by atoms with E-state index >= 15 is 0 Å². The second-order valence-electron chi connectivity index (χ2n) is 4.67. The first-order chi connectivity index (χ1) is 11.0. The molecule has 0 saturated heterocycles. The lowest BCUT2D eigenvalue weighted by molar-refractivity contribution is 0.0521. The zero-order valence-electron chi connectivity index (χ0n) is 12.0. The molecule has 3 rings (SSSR count). The second kappa shape index (κ2) is 5.77. The van der Waals surface area contributed by atoms with Gasteiger partial charge < -0.3 is 14.8 Å². The molecule has 2 N–H and O–H groups in total. The molecule has 7 nitrogen and oxygen atoms in total. The highest BCUT2D eigenvalue weighted by atomic mass is 35.5. The number of carbonyl (C=O) groups excluding carboxylic acids is 1. The van der Waals surface area contributed by atoms with Gasteiger partial charge in [0.05, 0.1) is 22.7 Å². The van der Waals surface area contributed by atoms with Crippen molar-refractivity contribution < 1.29 is 14.6 Å². The van der Waals surface area contributed by atoms with Crippen molar-refractivity contribution in [2.45, 2.75) is 6.92 Å². The van der Waals surface area contributed by atoms with Gasteiger partial charge in [0, 0.05) is 6.07 Å². The predicted octanol–water partition coefficient (Wildman–Crippen LogP) is 2.25. The summed E-state index contributed by atoms with van der Waals surface area (Å²) >= 11 is 6.16. The van der Waals surface area contributed by atoms with Crippen LogP contribution in [0.2, 0.25) is 5.02 Å². The minimum Gasteiger partial charge on any atom is -0.507 e. The minimum absolute atomic E-state index is 0.1000. The number of ether oxygens (including phenoxy) is 1. The monoisotopic (exact) mass is 333 g/mol. The van der Waals surface area contributed by atoms with Crippen molar-refractivity contribution in [3.8, 4) is 11.4 Å². The fraction of sp³-hybridized carbons (Fsp3) is 0.133. The molecule has 0 atom stereocenters. The Kier molecular flexibility index (Phi) is 3.79. The number of hydrogen-bond acceptors (Lipinski definition) is 5. The molecule has 0 radical (unpaired) electrons. The van der Waals surface area contributed by atoms with Gasteiger partial charge in [-0.25, -0.2) is 9.48 Å². The van der Waals surface area contributed by atoms with Crippen LogP contribution in [0, 0.1) is 0 Å². The van der Waals surface area contributed by atoms with Crippen LogP contribution < -0.4 is 5.56 Å². The Bertz CT molecular complexity index is 961. The lowest BCUT2D eigenvalue weighted by Gasteiger charge is -2.05. The van der Waals surface area contributed by atoms with Gasteiger partial charge in [-0.05, 0) is 19.1 Å². The van der Waals surface area contributed by atoms with Crippen molar-refractivity contribution in [3.63, 3.8) is 0 Å². The number of carbonyl (C=O) groups is 1. The van der Waals surface area contributed by atoms with Crippen LogP contribution in [0.15, 0.2) is 35.1 Å². The third-order valence-electron chi connectivity index (χ3n) is 3.20. The largest absolute Gasteiger partial charge is 0.507 e. The molecule has 118 valence electrons. The predicted molar refractivity (Wildman–Crippen MR) is 84.3 cm³/mol. The Labute approximate surface area is 135 Å². The van der Waals surface area contributed by atoms with E-state index in [4.69, 9.17) is 16.3 Å². The van der Waals surface area contributed by atoms with Gasteiger partial charge in [0.15, 0.2) is 5.69 Å². The molecule has 0 saturated carbocycles. The Morgan fingerprint density at radius 1 is 1.43 bits per heavy atom. The summed E-state index contributed by atoms with van der Waals surface area (Å²) in [6.07, 6.45) is 0. The molecule has 0 spiro atoms. The molecule has 0 unspecified atom stereocenters. The lowest BCUT2D eigenvalue weighted by Crippen LogP contribution is -2.07. The molecule has 0 amide bonds. The number of para-hydroxylation sites is 1. The maximum atomic E-state index is 12.1. The average Bonchev–Trinajstić information content (AvgIpc) is 2.87. The first-order valence-electron chi connectivity index (χ1n) is 6.80. The molecular formula is C15H12ClN3O4. The SMILES string of the molecule is CCOC(=O)c1nn(-c2ccccc2Cl)c2[nH]c(=O)cc(O)c12. The quantitative estimate of drug-likeness (QED) is 0.716. The van der Waals surface area contributed by atoms with Crippen LogP contribution in [0.5, 0.6) is 5.75 Å². The maximum Gasteiger partial charge on any atom is 0.359 e. The van der Waals surface area contributed by atoms with E-state index in [1.165, 1.54) is 4.68 Å². The highest BCUT2D eigenvalue weighted by molar-refractivity contribution is 6.32. The van der Waals surface area contributed by atoms with Crippen LogP contribution in [0.25, 0.3) is 16.7 Å². The van der Waals surface area contributed by atoms with Crippen LogP contribution in [0.3, 0.4) is 0 Å². The molecular weight excluding hydrogens is 322 g/mol. The van der Waals surface area contributed by atoms with E-state index in [1.807, 2.05) is 0 Å². The van der Waals surface area contributed by atoms with Gasteiger partial charge in [0.1, 0.15) is 11.4 Å². The molecule has 0 aliphatic rings. The Morgan fingerprint density at radius 3 is 2.87 bits per heavy atom. The summed E-state index contributed by atoms with van der Waals surface area (Å²) in [6, 6.07) is 7.77. The van der Waals surface area contributed by atoms with Crippen LogP contribution in [0.4, 0.5) is 0 Å². The first kappa shape index (κ1) is 15.1. The number of H-pyrrole nitrogens is 1. The van der Waals surface area contributed by atoms with Crippen molar-refractivity contribution in [3.05, 3.63) is 51.4 Å². The van der Waals surface area contributed by atoms with Crippen LogP contribution >= 0.6 is 11.6 Å². The fourth-order valence-electron chi connectivity index (χ4n) is 2.27. The van der Waals surface area contributed by atoms with E-state index in [2.05, 4.69) is 10.1 Å². The number of halogens is 1. The van der Waals surface area contributed by atoms with Gasteiger partial charge in [0.25, 0.3) is 5.56 Å². The van der Waals surface area contributed by atoms with Crippen molar-refractivity contribution in [2.75, 3.05) is 6.61 Å². The minimum atomic E-state index is -0.703. The number of benzene rings is 1. The Balaban J connectivity index is 2.37. The van der Waals surface area contributed by atoms with Gasteiger partial charge in [-0.15, -0.1) is 0 Å². The molecule has 1 aromatic carbocycles. The third kappa shape index (κ3) is 2.55. The summed E-state index contributed by atoms with van der Waals surface area (Å²) < 4.78 is 6.25. The van der Waals surface area contributed by atoms with Gasteiger partial charge in [-0.3, -0.25) is 4.79 Å². The van der Waals surface area contributed by atoms with Crippen LogP contribution in [-0.4, -0.2) is 32.4 Å². The number of aromatic hydroxyl groups is 1. The van der Waals surface area contributed by atoms with E-state index < -0.39 is 11.5 Å². The fourth-order valence-corrected chi connectivity index (χ4v) is 2.48. The standard InChI is InChI=1S/C15H12ClN3O4/c1-2-23-15(22)13-12-10(20)7-11(21)17-14(12)19(18-13)9-6-4-3-5-8(9)16/h3-7H,2H2,1H3,(H2,17,20,21). The maximum absolute atomic E-state index is 12.1. The van der Waals surface area contributed by atoms with E-state index in [0.717, 1.165) is 6.07 Å². The summed E-state index contributed by atoms with van der Waals surface area (Å²) in [7, 11) is 0. The van der Waals surface area contributed by atoms with E-state index in [0.29, 0.717) is 10.7 Å². The number of nitrogens with zero attached hydrogens (tertiary/aromatic N) is 2. The number of rotatable bonds is 3. The zero-order valence-corrected chi connectivity index (χ0v) is 12.8. The summed E-state index contributed by atoms with van der Waals surface area (Å²) in [4.78, 5) is 26.3. The molecule has 0 bridgehead atoms. The number of aromatic amines is 1. The molecule has 3 aromatic rings. The first-order valence-corrected chi connectivity index (χ1v) is 7.17. The molecule has 2 heterocycles. The second-order valence-corrected chi connectivity index (χ2v) is 5.08. The van der Waals surface area contributed by atoms with Crippen molar-refractivity contribution in [1.82, 2.24) is 14.8 Å². The number of hydrogen-bond donors (Lipinski definition) is 2. The average molecular weight is 334 g/mol. The number of nitrogens with one attached hydrogen (secondary N) is 1. The number of pyridine rings is 1. The van der Waals surface area contributed by atoms with Gasteiger partial charge >= 0.3 is 5.97 Å². The van der Waals surface area contributed by atoms with Crippen molar-refractivity contribution >= 4 is 28.6 Å². The van der Waals surface area contributed by atoms with Crippen LogP contribution in [0.1, 0.15) is 17.4 Å². The number of esters is 1. The van der Waals surface area contributed by atoms with Crippen molar-refractivity contribution in [1.29, 1.82) is 0 Å². The highest BCUT2D eigenvalue weighted by Crippen LogP contribution is 2.29. The van der Waals surface area contributed by atoms with E-state index in [1.54, 1.807) is 31.2 Å². The summed E-state index contributed by atoms with van der Waals surface area (Å²) in [5.74, 6) is -1.06. The molecule has 0 aliphatic heterocycles. The zero-order chi connectivity index (χ0) is 16.6. The third-order valence-corrected chi connectivity index (χ3v) is 3.52. The highest BCUT2D eigenvalue weighted by Gasteiger charge is 2.23. The van der Waals surface area contributed by atoms with Crippen LogP contribution in [-0.2, 0) is 4.74 Å². The van der Waals surface area contributed by atoms with E-state index in [-0.39, 0.29) is 29.1 Å². The Morgan fingerprint density at radius 2 is 2.17 bits per heavy atom. The molecule has 0 aliphatic carbocycles. The topological polar surface area (TPSA) is 97.2 Å². The summed E-state index contributed by atoms with van der Waals surface area (Å²) in [5, 5.41) is 14.7. The Hall–Kier alpha value is -2.80. The lowest BCUT2D eigenvalue weighted by atomic mass is 10.2. The summed E-state index contributed by atoms with van der Waals surface area (Å²) in [5.41, 5.74) is -0.0174. The van der Waals surface area contributed by atoms with E-state index in [9.17, 15) is 14.7 Å². The van der Waals surface area contributed by atoms with Gasteiger partial charge in [0.2, 0.25) is 0 Å². The number of fused-ring (bicyclic) bond motifs is 1. The molecule has 23 heavy (non-hydrogen) atoms. The molecule has 0 fully saturated rings. The van der Waals surface area contributed by atoms with Gasteiger partial charge in [-0.1, -0.05) is 23.7 Å². The summed E-state index contributed by atoms with van der Waals surface area (Å²) in [6.45, 7) is 1.82. The smallest absolute Gasteiger partial charge is 0.359 e. The number of aromatic nitrogens is 3. The van der Waals surface area contributed by atoms with Crippen molar-refractivity contribution in [2.24, 2.45) is 0 Å². The molecule has 2 aromatic heterocycles.